The number of hydrogen-bond donors (Lipinski definition) is 0. The van der Waals surface area contributed by atoms with Crippen molar-refractivity contribution < 1.29 is 8.94 Å². The van der Waals surface area contributed by atoms with Gasteiger partial charge in [-0.05, 0) is 39.8 Å². The third-order valence-electron chi connectivity index (χ3n) is 1.85. The molecule has 0 aromatic carbocycles. The average molecular weight is 242 g/mol. The van der Waals surface area contributed by atoms with Gasteiger partial charge in [-0.3, -0.25) is 0 Å². The number of aromatic nitrogens is 1. The number of nitrogens with zero attached hydrogens (tertiary/aromatic N) is 2. The molecule has 0 spiro atoms. The average Bonchev–Trinajstić information content (AvgIpc) is 2.18. The molecular formula is C11H15FN2OS. The highest BCUT2D eigenvalue weighted by Gasteiger charge is 2.25. The quantitative estimate of drug-likeness (QED) is 0.590. The van der Waals surface area contributed by atoms with E-state index in [1.165, 1.54) is 18.3 Å². The van der Waals surface area contributed by atoms with Gasteiger partial charge in [0.25, 0.3) is 0 Å². The van der Waals surface area contributed by atoms with Crippen molar-refractivity contribution >= 4 is 17.6 Å². The van der Waals surface area contributed by atoms with Crippen LogP contribution in [0, 0.1) is 12.7 Å². The van der Waals surface area contributed by atoms with Crippen LogP contribution in [-0.2, 0) is 11.4 Å². The minimum absolute atomic E-state index is 0.311. The highest BCUT2D eigenvalue weighted by Crippen LogP contribution is 2.16. The van der Waals surface area contributed by atoms with Crippen LogP contribution in [0.15, 0.2) is 16.5 Å². The molecule has 0 aliphatic heterocycles. The van der Waals surface area contributed by atoms with Crippen LogP contribution in [0.5, 0.6) is 0 Å². The third-order valence-corrected chi connectivity index (χ3v) is 3.19. The van der Waals surface area contributed by atoms with Crippen molar-refractivity contribution in [2.45, 2.75) is 32.4 Å². The van der Waals surface area contributed by atoms with Crippen LogP contribution in [0.2, 0.25) is 0 Å². The second-order valence-electron chi connectivity index (χ2n) is 4.40. The van der Waals surface area contributed by atoms with E-state index >= 15 is 0 Å². The summed E-state index contributed by atoms with van der Waals surface area (Å²) in [5, 5.41) is 0. The molecule has 88 valence electrons. The maximum atomic E-state index is 12.9. The second-order valence-corrected chi connectivity index (χ2v) is 6.33. The van der Waals surface area contributed by atoms with Gasteiger partial charge in [0.2, 0.25) is 0 Å². The zero-order valence-electron chi connectivity index (χ0n) is 9.82. The van der Waals surface area contributed by atoms with Crippen molar-refractivity contribution in [1.29, 1.82) is 0 Å². The monoisotopic (exact) mass is 242 g/mol. The summed E-state index contributed by atoms with van der Waals surface area (Å²) < 4.78 is 28.0. The Balaban J connectivity index is 2.81. The molecule has 0 saturated heterocycles. The Morgan fingerprint density at radius 2 is 2.06 bits per heavy atom. The molecule has 1 aromatic heterocycles. The van der Waals surface area contributed by atoms with Crippen LogP contribution in [0.3, 0.4) is 0 Å². The molecule has 1 unspecified atom stereocenters. The standard InChI is InChI=1S/C11H15FN2OS/c1-8-10(12)6-5-9(14-8)7-13-16(15)11(2,3)4/h5-7H,1-4H3. The predicted molar refractivity (Wildman–Crippen MR) is 64.4 cm³/mol. The van der Waals surface area contributed by atoms with E-state index in [-0.39, 0.29) is 5.82 Å². The van der Waals surface area contributed by atoms with Gasteiger partial charge in [-0.15, -0.1) is 0 Å². The van der Waals surface area contributed by atoms with Gasteiger partial charge in [-0.25, -0.2) is 9.37 Å². The number of hydrogen-bond acceptors (Lipinski definition) is 3. The van der Waals surface area contributed by atoms with Gasteiger partial charge in [-0.2, -0.15) is 0 Å². The molecule has 1 atom stereocenters. The normalized spacial score (nSPS) is 14.4. The van der Waals surface area contributed by atoms with E-state index in [0.717, 1.165) is 0 Å². The summed E-state index contributed by atoms with van der Waals surface area (Å²) in [6.07, 6.45) is 1.41. The Hall–Kier alpha value is -0.940. The molecule has 0 amide bonds. The summed E-state index contributed by atoms with van der Waals surface area (Å²) in [6, 6.07) is 2.83. The molecule has 5 heteroatoms. The summed E-state index contributed by atoms with van der Waals surface area (Å²) in [4.78, 5) is 3.97. The van der Waals surface area contributed by atoms with Crippen molar-refractivity contribution in [3.05, 3.63) is 29.3 Å². The van der Waals surface area contributed by atoms with E-state index in [2.05, 4.69) is 9.38 Å². The molecule has 0 aliphatic carbocycles. The van der Waals surface area contributed by atoms with Crippen LogP contribution >= 0.6 is 0 Å². The van der Waals surface area contributed by atoms with Gasteiger partial charge >= 0.3 is 0 Å². The fourth-order valence-electron chi connectivity index (χ4n) is 0.895. The minimum atomic E-state index is -1.31. The van der Waals surface area contributed by atoms with Crippen LogP contribution < -0.4 is 0 Å². The maximum Gasteiger partial charge on any atom is 0.144 e. The summed E-state index contributed by atoms with van der Waals surface area (Å²) in [5.41, 5.74) is 0.821. The lowest BCUT2D eigenvalue weighted by atomic mass is 10.3. The SMILES string of the molecule is Cc1nc(C=N[S+]([O-])C(C)(C)C)ccc1F. The lowest BCUT2D eigenvalue weighted by Gasteiger charge is -2.17. The highest BCUT2D eigenvalue weighted by molar-refractivity contribution is 7.91. The van der Waals surface area contributed by atoms with Crippen molar-refractivity contribution in [2.24, 2.45) is 4.40 Å². The second kappa shape index (κ2) is 4.93. The lowest BCUT2D eigenvalue weighted by molar-refractivity contribution is 0.562. The molecule has 0 N–H and O–H groups in total. The van der Waals surface area contributed by atoms with Crippen LogP contribution in [0.25, 0.3) is 0 Å². The van der Waals surface area contributed by atoms with Gasteiger partial charge in [0.05, 0.1) is 11.4 Å². The van der Waals surface area contributed by atoms with Crippen molar-refractivity contribution in [1.82, 2.24) is 4.98 Å². The summed E-state index contributed by atoms with van der Waals surface area (Å²) in [7, 11) is 0. The zero-order valence-corrected chi connectivity index (χ0v) is 10.6. The van der Waals surface area contributed by atoms with Crippen molar-refractivity contribution in [3.8, 4) is 0 Å². The molecule has 0 fully saturated rings. The zero-order chi connectivity index (χ0) is 12.3. The Morgan fingerprint density at radius 1 is 1.44 bits per heavy atom. The van der Waals surface area contributed by atoms with Gasteiger partial charge in [0, 0.05) is 0 Å². The van der Waals surface area contributed by atoms with E-state index in [1.54, 1.807) is 6.92 Å². The van der Waals surface area contributed by atoms with Gasteiger partial charge in [-0.1, -0.05) is 4.40 Å². The van der Waals surface area contributed by atoms with Gasteiger partial charge in [0.1, 0.15) is 28.1 Å². The van der Waals surface area contributed by atoms with Gasteiger partial charge < -0.3 is 4.55 Å². The predicted octanol–water partition coefficient (Wildman–Crippen LogP) is 2.41. The Morgan fingerprint density at radius 3 is 2.56 bits per heavy atom. The molecule has 0 aliphatic rings. The smallest absolute Gasteiger partial charge is 0.144 e. The number of pyridine rings is 1. The van der Waals surface area contributed by atoms with E-state index in [0.29, 0.717) is 11.4 Å². The van der Waals surface area contributed by atoms with E-state index in [4.69, 9.17) is 0 Å². The van der Waals surface area contributed by atoms with Gasteiger partial charge in [0.15, 0.2) is 0 Å². The lowest BCUT2D eigenvalue weighted by Crippen LogP contribution is -2.25. The van der Waals surface area contributed by atoms with E-state index in [9.17, 15) is 8.94 Å². The number of aryl methyl sites for hydroxylation is 1. The molecule has 3 nitrogen and oxygen atoms in total. The van der Waals surface area contributed by atoms with E-state index in [1.807, 2.05) is 20.8 Å². The molecule has 16 heavy (non-hydrogen) atoms. The first kappa shape index (κ1) is 13.1. The number of halogens is 1. The number of rotatable bonds is 2. The molecule has 0 bridgehead atoms. The highest BCUT2D eigenvalue weighted by atomic mass is 32.2. The minimum Gasteiger partial charge on any atom is -0.591 e. The van der Waals surface area contributed by atoms with E-state index < -0.39 is 16.1 Å². The molecular weight excluding hydrogens is 227 g/mol. The Bertz CT molecular complexity index is 401. The molecule has 1 heterocycles. The fourth-order valence-corrected chi connectivity index (χ4v) is 1.42. The molecule has 1 aromatic rings. The Kier molecular flexibility index (Phi) is 4.04. The summed E-state index contributed by atoms with van der Waals surface area (Å²) in [6.45, 7) is 7.09. The fraction of sp³-hybridized carbons (Fsp3) is 0.455. The first-order valence-corrected chi connectivity index (χ1v) is 6.00. The van der Waals surface area contributed by atoms with Crippen molar-refractivity contribution in [2.75, 3.05) is 0 Å². The Labute approximate surface area is 98.1 Å². The van der Waals surface area contributed by atoms with Crippen LogP contribution in [-0.4, -0.2) is 20.5 Å². The summed E-state index contributed by atoms with van der Waals surface area (Å²) >= 11 is -1.31. The topological polar surface area (TPSA) is 48.3 Å². The van der Waals surface area contributed by atoms with Crippen LogP contribution in [0.4, 0.5) is 4.39 Å². The largest absolute Gasteiger partial charge is 0.591 e. The molecule has 1 rings (SSSR count). The van der Waals surface area contributed by atoms with Crippen LogP contribution in [0.1, 0.15) is 32.2 Å². The molecule has 0 saturated carbocycles. The molecule has 0 radical (unpaired) electrons. The first-order valence-electron chi connectivity index (χ1n) is 4.90. The maximum absolute atomic E-state index is 12.9. The first-order chi connectivity index (χ1) is 7.30. The third kappa shape index (κ3) is 3.57. The summed E-state index contributed by atoms with van der Waals surface area (Å²) in [5.74, 6) is -0.353. The van der Waals surface area contributed by atoms with Crippen molar-refractivity contribution in [3.63, 3.8) is 0 Å².